The molecule has 2 aromatic carbocycles. The lowest BCUT2D eigenvalue weighted by molar-refractivity contribution is 0.626. The molecule has 21 heavy (non-hydrogen) atoms. The van der Waals surface area contributed by atoms with E-state index < -0.39 is 0 Å². The van der Waals surface area contributed by atoms with Gasteiger partial charge in [-0.05, 0) is 43.7 Å². The van der Waals surface area contributed by atoms with Crippen LogP contribution in [-0.2, 0) is 0 Å². The molecule has 3 aromatic rings. The van der Waals surface area contributed by atoms with Gasteiger partial charge >= 0.3 is 0 Å². The van der Waals surface area contributed by atoms with Crippen molar-refractivity contribution in [3.8, 4) is 11.3 Å². The SMILES string of the molecule is CC(C)(C)Nc1nccc(-c2ccc3ccccc3c2)n1. The van der Waals surface area contributed by atoms with Gasteiger partial charge in [-0.25, -0.2) is 9.97 Å². The Bertz CT molecular complexity index is 773. The molecule has 0 unspecified atom stereocenters. The van der Waals surface area contributed by atoms with Crippen LogP contribution in [0.25, 0.3) is 22.0 Å². The van der Waals surface area contributed by atoms with E-state index in [0.717, 1.165) is 11.3 Å². The van der Waals surface area contributed by atoms with E-state index >= 15 is 0 Å². The van der Waals surface area contributed by atoms with Crippen molar-refractivity contribution in [1.82, 2.24) is 9.97 Å². The van der Waals surface area contributed by atoms with Crippen LogP contribution in [0.5, 0.6) is 0 Å². The molecule has 0 radical (unpaired) electrons. The van der Waals surface area contributed by atoms with E-state index in [-0.39, 0.29) is 5.54 Å². The third-order valence-electron chi connectivity index (χ3n) is 3.19. The van der Waals surface area contributed by atoms with Gasteiger partial charge < -0.3 is 5.32 Å². The summed E-state index contributed by atoms with van der Waals surface area (Å²) in [6.07, 6.45) is 1.80. The van der Waals surface area contributed by atoms with Gasteiger partial charge in [0, 0.05) is 17.3 Å². The minimum atomic E-state index is -0.0536. The summed E-state index contributed by atoms with van der Waals surface area (Å²) in [5.74, 6) is 0.660. The first-order valence-corrected chi connectivity index (χ1v) is 7.12. The maximum atomic E-state index is 4.61. The van der Waals surface area contributed by atoms with E-state index in [9.17, 15) is 0 Å². The molecule has 0 aliphatic heterocycles. The van der Waals surface area contributed by atoms with E-state index in [1.807, 2.05) is 6.07 Å². The minimum absolute atomic E-state index is 0.0536. The smallest absolute Gasteiger partial charge is 0.223 e. The van der Waals surface area contributed by atoms with Crippen molar-refractivity contribution in [1.29, 1.82) is 0 Å². The molecule has 0 fully saturated rings. The molecule has 1 aromatic heterocycles. The topological polar surface area (TPSA) is 37.8 Å². The van der Waals surface area contributed by atoms with Gasteiger partial charge in [-0.1, -0.05) is 36.4 Å². The van der Waals surface area contributed by atoms with Crippen molar-refractivity contribution in [3.63, 3.8) is 0 Å². The highest BCUT2D eigenvalue weighted by Crippen LogP contribution is 2.23. The summed E-state index contributed by atoms with van der Waals surface area (Å²) in [4.78, 5) is 8.90. The number of nitrogens with zero attached hydrogens (tertiary/aromatic N) is 2. The fourth-order valence-corrected chi connectivity index (χ4v) is 2.26. The largest absolute Gasteiger partial charge is 0.350 e. The molecule has 0 spiro atoms. The Labute approximate surface area is 125 Å². The number of nitrogens with one attached hydrogen (secondary N) is 1. The Morgan fingerprint density at radius 2 is 1.67 bits per heavy atom. The van der Waals surface area contributed by atoms with E-state index in [2.05, 4.69) is 78.5 Å². The Hall–Kier alpha value is -2.42. The normalized spacial score (nSPS) is 11.6. The summed E-state index contributed by atoms with van der Waals surface area (Å²) < 4.78 is 0. The summed E-state index contributed by atoms with van der Waals surface area (Å²) in [6, 6.07) is 16.7. The lowest BCUT2D eigenvalue weighted by Gasteiger charge is -2.20. The molecular formula is C18H19N3. The standard InChI is InChI=1S/C18H19N3/c1-18(2,3)21-17-19-11-10-16(20-17)15-9-8-13-6-4-5-7-14(13)12-15/h4-12H,1-3H3,(H,19,20,21). The van der Waals surface area contributed by atoms with Crippen molar-refractivity contribution in [2.45, 2.75) is 26.3 Å². The molecule has 3 rings (SSSR count). The zero-order valence-electron chi connectivity index (χ0n) is 12.6. The Kier molecular flexibility index (Phi) is 3.34. The third-order valence-corrected chi connectivity index (χ3v) is 3.19. The molecule has 3 nitrogen and oxygen atoms in total. The average molecular weight is 277 g/mol. The van der Waals surface area contributed by atoms with Gasteiger partial charge in [0.2, 0.25) is 5.95 Å². The van der Waals surface area contributed by atoms with Gasteiger partial charge in [0.05, 0.1) is 5.69 Å². The van der Waals surface area contributed by atoms with Crippen LogP contribution in [0, 0.1) is 0 Å². The first kappa shape index (κ1) is 13.6. The molecule has 0 atom stereocenters. The van der Waals surface area contributed by atoms with Crippen molar-refractivity contribution in [2.24, 2.45) is 0 Å². The lowest BCUT2D eigenvalue weighted by atomic mass is 10.1. The highest BCUT2D eigenvalue weighted by atomic mass is 15.1. The fourth-order valence-electron chi connectivity index (χ4n) is 2.26. The number of rotatable bonds is 2. The predicted molar refractivity (Wildman–Crippen MR) is 88.3 cm³/mol. The molecule has 0 aliphatic carbocycles. The number of hydrogen-bond donors (Lipinski definition) is 1. The van der Waals surface area contributed by atoms with Gasteiger partial charge in [-0.15, -0.1) is 0 Å². The third kappa shape index (κ3) is 3.19. The van der Waals surface area contributed by atoms with E-state index in [4.69, 9.17) is 0 Å². The monoisotopic (exact) mass is 277 g/mol. The highest BCUT2D eigenvalue weighted by molar-refractivity contribution is 5.86. The molecule has 1 heterocycles. The maximum absolute atomic E-state index is 4.61. The van der Waals surface area contributed by atoms with Crippen molar-refractivity contribution in [2.75, 3.05) is 5.32 Å². The number of aromatic nitrogens is 2. The highest BCUT2D eigenvalue weighted by Gasteiger charge is 2.11. The maximum Gasteiger partial charge on any atom is 0.223 e. The van der Waals surface area contributed by atoms with E-state index in [1.165, 1.54) is 10.8 Å². The molecule has 0 saturated heterocycles. The van der Waals surface area contributed by atoms with Gasteiger partial charge in [0.25, 0.3) is 0 Å². The molecule has 0 saturated carbocycles. The van der Waals surface area contributed by atoms with Crippen LogP contribution in [0.15, 0.2) is 54.7 Å². The second-order valence-corrected chi connectivity index (χ2v) is 6.20. The van der Waals surface area contributed by atoms with Crippen molar-refractivity contribution in [3.05, 3.63) is 54.7 Å². The van der Waals surface area contributed by atoms with Gasteiger partial charge in [0.1, 0.15) is 0 Å². The molecule has 0 amide bonds. The molecule has 1 N–H and O–H groups in total. The Balaban J connectivity index is 2.00. The average Bonchev–Trinajstić information content (AvgIpc) is 2.45. The number of anilines is 1. The zero-order valence-corrected chi connectivity index (χ0v) is 12.6. The number of benzene rings is 2. The first-order chi connectivity index (χ1) is 10.0. The number of hydrogen-bond acceptors (Lipinski definition) is 3. The van der Waals surface area contributed by atoms with Crippen molar-refractivity contribution >= 4 is 16.7 Å². The molecular weight excluding hydrogens is 258 g/mol. The van der Waals surface area contributed by atoms with Crippen LogP contribution in [0.2, 0.25) is 0 Å². The molecule has 0 bridgehead atoms. The first-order valence-electron chi connectivity index (χ1n) is 7.12. The molecule has 106 valence electrons. The quantitative estimate of drug-likeness (QED) is 0.749. The second-order valence-electron chi connectivity index (χ2n) is 6.20. The summed E-state index contributed by atoms with van der Waals surface area (Å²) >= 11 is 0. The van der Waals surface area contributed by atoms with Crippen LogP contribution >= 0.6 is 0 Å². The summed E-state index contributed by atoms with van der Waals surface area (Å²) in [6.45, 7) is 6.29. The number of fused-ring (bicyclic) bond motifs is 1. The predicted octanol–water partition coefficient (Wildman–Crippen LogP) is 4.51. The van der Waals surface area contributed by atoms with Crippen LogP contribution in [-0.4, -0.2) is 15.5 Å². The molecule has 3 heteroatoms. The van der Waals surface area contributed by atoms with Crippen LogP contribution < -0.4 is 5.32 Å². The van der Waals surface area contributed by atoms with Gasteiger partial charge in [0.15, 0.2) is 0 Å². The summed E-state index contributed by atoms with van der Waals surface area (Å²) in [5.41, 5.74) is 1.98. The van der Waals surface area contributed by atoms with Crippen LogP contribution in [0.1, 0.15) is 20.8 Å². The fraction of sp³-hybridized carbons (Fsp3) is 0.222. The lowest BCUT2D eigenvalue weighted by Crippen LogP contribution is -2.27. The Morgan fingerprint density at radius 1 is 0.905 bits per heavy atom. The Morgan fingerprint density at radius 3 is 2.43 bits per heavy atom. The van der Waals surface area contributed by atoms with Gasteiger partial charge in [-0.2, -0.15) is 0 Å². The summed E-state index contributed by atoms with van der Waals surface area (Å²) in [5, 5.41) is 5.77. The van der Waals surface area contributed by atoms with Crippen LogP contribution in [0.4, 0.5) is 5.95 Å². The van der Waals surface area contributed by atoms with Crippen LogP contribution in [0.3, 0.4) is 0 Å². The minimum Gasteiger partial charge on any atom is -0.350 e. The summed E-state index contributed by atoms with van der Waals surface area (Å²) in [7, 11) is 0. The van der Waals surface area contributed by atoms with Crippen molar-refractivity contribution < 1.29 is 0 Å². The zero-order chi connectivity index (χ0) is 14.9. The van der Waals surface area contributed by atoms with E-state index in [0.29, 0.717) is 5.95 Å². The van der Waals surface area contributed by atoms with Gasteiger partial charge in [-0.3, -0.25) is 0 Å². The van der Waals surface area contributed by atoms with E-state index in [1.54, 1.807) is 6.20 Å². The second kappa shape index (κ2) is 5.17. The molecule has 0 aliphatic rings.